The predicted molar refractivity (Wildman–Crippen MR) is 140 cm³/mol. The van der Waals surface area contributed by atoms with Gasteiger partial charge < -0.3 is 24.3 Å². The minimum absolute atomic E-state index is 0.0254. The number of carbonyl (C=O) groups is 2. The number of nitrogens with one attached hydrogen (secondary N) is 1. The van der Waals surface area contributed by atoms with Gasteiger partial charge in [-0.25, -0.2) is 4.79 Å². The Balaban J connectivity index is 1.16. The number of ether oxygens (including phenoxy) is 1. The molecule has 2 amide bonds. The molecule has 2 heterocycles. The minimum atomic E-state index is -0.565. The molecule has 1 aromatic rings. The molecule has 2 aliphatic heterocycles. The van der Waals surface area contributed by atoms with Crippen LogP contribution in [0.5, 0.6) is 0 Å². The van der Waals surface area contributed by atoms with Crippen molar-refractivity contribution in [2.24, 2.45) is 29.1 Å². The summed E-state index contributed by atoms with van der Waals surface area (Å²) in [5.74, 6) is 2.02. The summed E-state index contributed by atoms with van der Waals surface area (Å²) < 4.78 is 19.3. The Morgan fingerprint density at radius 1 is 1.24 bits per heavy atom. The Kier molecular flexibility index (Phi) is 6.47. The SMILES string of the molecule is CC1(C)C2C[C@H]3OB([C@H](Cc4ccccc4)NC(=O)OC4CCCN(C(=O)CC#N)C4)O[C@@]3(C)C1C1CC12. The van der Waals surface area contributed by atoms with E-state index in [-0.39, 0.29) is 29.4 Å². The first-order chi connectivity index (χ1) is 18.2. The van der Waals surface area contributed by atoms with Crippen LogP contribution >= 0.6 is 0 Å². The zero-order valence-electron chi connectivity index (χ0n) is 22.6. The maximum Gasteiger partial charge on any atom is 0.482 e. The van der Waals surface area contributed by atoms with Gasteiger partial charge in [-0.1, -0.05) is 44.2 Å². The molecule has 3 aliphatic carbocycles. The highest BCUT2D eigenvalue weighted by molar-refractivity contribution is 6.47. The molecule has 1 N–H and O–H groups in total. The van der Waals surface area contributed by atoms with Crippen LogP contribution in [0, 0.1) is 40.4 Å². The van der Waals surface area contributed by atoms with Gasteiger partial charge in [-0.3, -0.25) is 4.79 Å². The average molecular weight is 519 g/mol. The molecule has 8 atom stereocenters. The first kappa shape index (κ1) is 25.7. The summed E-state index contributed by atoms with van der Waals surface area (Å²) in [5, 5.41) is 11.9. The van der Waals surface area contributed by atoms with E-state index in [1.165, 1.54) is 6.42 Å². The second-order valence-electron chi connectivity index (χ2n) is 12.8. The maximum absolute atomic E-state index is 13.2. The highest BCUT2D eigenvalue weighted by atomic mass is 16.7. The fourth-order valence-electron chi connectivity index (χ4n) is 8.54. The second kappa shape index (κ2) is 9.57. The number of amides is 2. The van der Waals surface area contributed by atoms with E-state index in [9.17, 15) is 9.59 Å². The van der Waals surface area contributed by atoms with Gasteiger partial charge in [-0.15, -0.1) is 0 Å². The molecule has 6 rings (SSSR count). The molecule has 5 unspecified atom stereocenters. The quantitative estimate of drug-likeness (QED) is 0.575. The number of hydrogen-bond acceptors (Lipinski definition) is 6. The maximum atomic E-state index is 13.2. The normalized spacial score (nSPS) is 37.0. The highest BCUT2D eigenvalue weighted by Crippen LogP contribution is 2.74. The van der Waals surface area contributed by atoms with Crippen LogP contribution < -0.4 is 5.32 Å². The molecule has 38 heavy (non-hydrogen) atoms. The molecule has 5 fully saturated rings. The molecule has 5 aliphatic rings. The Morgan fingerprint density at radius 3 is 2.79 bits per heavy atom. The van der Waals surface area contributed by atoms with E-state index < -0.39 is 25.3 Å². The molecule has 9 heteroatoms. The predicted octanol–water partition coefficient (Wildman–Crippen LogP) is 3.74. The van der Waals surface area contributed by atoms with Crippen LogP contribution in [0.3, 0.4) is 0 Å². The molecule has 1 aromatic carbocycles. The van der Waals surface area contributed by atoms with Gasteiger partial charge in [-0.2, -0.15) is 5.26 Å². The van der Waals surface area contributed by atoms with Gasteiger partial charge in [0.15, 0.2) is 0 Å². The van der Waals surface area contributed by atoms with E-state index in [4.69, 9.17) is 19.3 Å². The van der Waals surface area contributed by atoms with Crippen molar-refractivity contribution in [1.29, 1.82) is 5.26 Å². The van der Waals surface area contributed by atoms with Crippen LogP contribution in [0.4, 0.5) is 4.79 Å². The van der Waals surface area contributed by atoms with Crippen molar-refractivity contribution in [3.05, 3.63) is 35.9 Å². The molecular formula is C29H38BN3O5. The van der Waals surface area contributed by atoms with Crippen molar-refractivity contribution in [3.63, 3.8) is 0 Å². The van der Waals surface area contributed by atoms with Crippen molar-refractivity contribution < 1.29 is 23.6 Å². The topological polar surface area (TPSA) is 101 Å². The van der Waals surface area contributed by atoms with E-state index in [0.29, 0.717) is 37.8 Å². The first-order valence-corrected chi connectivity index (χ1v) is 14.2. The van der Waals surface area contributed by atoms with Gasteiger partial charge in [0.05, 0.1) is 30.3 Å². The first-order valence-electron chi connectivity index (χ1n) is 14.2. The third-order valence-corrected chi connectivity index (χ3v) is 10.2. The lowest BCUT2D eigenvalue weighted by molar-refractivity contribution is -0.133. The molecule has 0 spiro atoms. The zero-order valence-corrected chi connectivity index (χ0v) is 22.6. The van der Waals surface area contributed by atoms with Gasteiger partial charge >= 0.3 is 13.2 Å². The Bertz CT molecular complexity index is 1120. The molecule has 3 saturated carbocycles. The molecule has 202 valence electrons. The third-order valence-electron chi connectivity index (χ3n) is 10.2. The molecule has 0 radical (unpaired) electrons. The largest absolute Gasteiger partial charge is 0.482 e. The number of hydrogen-bond donors (Lipinski definition) is 1. The average Bonchev–Trinajstić information content (AvgIpc) is 3.52. The van der Waals surface area contributed by atoms with Crippen molar-refractivity contribution in [3.8, 4) is 6.07 Å². The van der Waals surface area contributed by atoms with Crippen LogP contribution in [0.25, 0.3) is 0 Å². The summed E-state index contributed by atoms with van der Waals surface area (Å²) in [6, 6.07) is 12.0. The van der Waals surface area contributed by atoms with Crippen LogP contribution in [0.2, 0.25) is 0 Å². The van der Waals surface area contributed by atoms with E-state index >= 15 is 0 Å². The molecule has 2 saturated heterocycles. The Morgan fingerprint density at radius 2 is 2.03 bits per heavy atom. The smallest absolute Gasteiger partial charge is 0.444 e. The number of carbonyl (C=O) groups excluding carboxylic acids is 2. The van der Waals surface area contributed by atoms with Crippen LogP contribution in [0.15, 0.2) is 30.3 Å². The zero-order chi connectivity index (χ0) is 26.7. The summed E-state index contributed by atoms with van der Waals surface area (Å²) >= 11 is 0. The van der Waals surface area contributed by atoms with E-state index in [1.54, 1.807) is 4.90 Å². The van der Waals surface area contributed by atoms with Gasteiger partial charge in [-0.05, 0) is 73.7 Å². The van der Waals surface area contributed by atoms with Crippen molar-refractivity contribution in [1.82, 2.24) is 10.2 Å². The van der Waals surface area contributed by atoms with Gasteiger partial charge in [0, 0.05) is 6.54 Å². The number of nitrogens with zero attached hydrogens (tertiary/aromatic N) is 2. The number of piperidine rings is 1. The fraction of sp³-hybridized carbons (Fsp3) is 0.690. The van der Waals surface area contributed by atoms with E-state index in [2.05, 4.69) is 26.1 Å². The van der Waals surface area contributed by atoms with Crippen molar-refractivity contribution in [2.45, 2.75) is 83.0 Å². The molecule has 2 bridgehead atoms. The van der Waals surface area contributed by atoms with Gasteiger partial charge in [0.1, 0.15) is 12.5 Å². The fourth-order valence-corrected chi connectivity index (χ4v) is 8.54. The highest BCUT2D eigenvalue weighted by Gasteiger charge is 2.75. The summed E-state index contributed by atoms with van der Waals surface area (Å²) in [6.45, 7) is 7.93. The summed E-state index contributed by atoms with van der Waals surface area (Å²) in [6.07, 6.45) is 3.23. The van der Waals surface area contributed by atoms with Crippen LogP contribution in [-0.2, 0) is 25.3 Å². The number of rotatable bonds is 6. The number of likely N-dealkylation sites (tertiary alicyclic amines) is 1. The molecule has 0 aromatic heterocycles. The van der Waals surface area contributed by atoms with Gasteiger partial charge in [0.2, 0.25) is 5.91 Å². The Labute approximate surface area is 225 Å². The molecule has 8 nitrogen and oxygen atoms in total. The number of benzene rings is 1. The summed E-state index contributed by atoms with van der Waals surface area (Å²) in [4.78, 5) is 26.9. The van der Waals surface area contributed by atoms with Crippen molar-refractivity contribution >= 4 is 19.1 Å². The Hall–Kier alpha value is -2.57. The van der Waals surface area contributed by atoms with E-state index in [0.717, 1.165) is 30.2 Å². The lowest BCUT2D eigenvalue weighted by atomic mass is 9.58. The number of fused-ring (bicyclic) bond motifs is 7. The lowest BCUT2D eigenvalue weighted by Gasteiger charge is -2.52. The third kappa shape index (κ3) is 4.40. The van der Waals surface area contributed by atoms with Crippen LogP contribution in [-0.4, -0.2) is 60.9 Å². The summed E-state index contributed by atoms with van der Waals surface area (Å²) in [7, 11) is -0.565. The van der Waals surface area contributed by atoms with E-state index in [1.807, 2.05) is 36.4 Å². The standard InChI is InChI=1S/C29H38BN3O5/c1-28(2)22-16-23-29(3,26(28)21-15-20(21)22)38-30(37-23)24(14-18-8-5-4-6-9-18)32-27(35)36-19-10-7-13-33(17-19)25(34)11-12-31/h4-6,8-9,19-24,26H,7,10-11,13-17H2,1-3H3,(H,32,35)/t19?,20?,21?,22?,23-,24+,26?,29-/m1/s1. The van der Waals surface area contributed by atoms with Crippen LogP contribution in [0.1, 0.15) is 58.4 Å². The number of nitriles is 1. The minimum Gasteiger partial charge on any atom is -0.444 e. The lowest BCUT2D eigenvalue weighted by Crippen LogP contribution is -2.56. The monoisotopic (exact) mass is 519 g/mol. The molecular weight excluding hydrogens is 481 g/mol. The van der Waals surface area contributed by atoms with Gasteiger partial charge in [0.25, 0.3) is 0 Å². The summed E-state index contributed by atoms with van der Waals surface area (Å²) in [5.41, 5.74) is 0.945. The number of alkyl carbamates (subject to hydrolysis) is 1. The second-order valence-corrected chi connectivity index (χ2v) is 12.8. The van der Waals surface area contributed by atoms with Crippen molar-refractivity contribution in [2.75, 3.05) is 13.1 Å².